The summed E-state index contributed by atoms with van der Waals surface area (Å²) in [7, 11) is 0.949. The van der Waals surface area contributed by atoms with Gasteiger partial charge in [0, 0.05) is 0 Å². The van der Waals surface area contributed by atoms with Crippen LogP contribution in [0.3, 0.4) is 0 Å². The lowest BCUT2D eigenvalue weighted by molar-refractivity contribution is -0.358. The molecule has 5 atom stereocenters. The lowest BCUT2D eigenvalue weighted by atomic mass is 9.85. The number of rotatable bonds is 3. The van der Waals surface area contributed by atoms with E-state index in [1.807, 2.05) is 0 Å². The molecule has 1 aliphatic heterocycles. The van der Waals surface area contributed by atoms with Crippen molar-refractivity contribution in [3.05, 3.63) is 17.2 Å². The first-order valence-corrected chi connectivity index (χ1v) is 7.02. The molecule has 11 heteroatoms. The topological polar surface area (TPSA) is 197 Å². The minimum atomic E-state index is -3.04. The second-order valence-corrected chi connectivity index (χ2v) is 5.47. The van der Waals surface area contributed by atoms with Gasteiger partial charge in [0.25, 0.3) is 0 Å². The van der Waals surface area contributed by atoms with Crippen LogP contribution in [-0.4, -0.2) is 85.0 Å². The van der Waals surface area contributed by atoms with Crippen LogP contribution in [0, 0.1) is 0 Å². The van der Waals surface area contributed by atoms with Gasteiger partial charge in [-0.1, -0.05) is 0 Å². The van der Waals surface area contributed by atoms with Crippen molar-refractivity contribution in [3.63, 3.8) is 0 Å². The van der Waals surface area contributed by atoms with Crippen LogP contribution < -0.4 is 0 Å². The van der Waals surface area contributed by atoms with Crippen LogP contribution in [0.2, 0.25) is 0 Å². The number of phenols is 3. The van der Waals surface area contributed by atoms with E-state index in [1.165, 1.54) is 0 Å². The molecule has 0 bridgehead atoms. The first-order chi connectivity index (χ1) is 11.6. The van der Waals surface area contributed by atoms with Crippen LogP contribution in [0.5, 0.6) is 17.2 Å². The van der Waals surface area contributed by atoms with Crippen molar-refractivity contribution in [1.82, 2.24) is 0 Å². The third-order valence-electron chi connectivity index (χ3n) is 3.98. The van der Waals surface area contributed by atoms with Gasteiger partial charge in [0.05, 0.1) is 24.8 Å². The summed E-state index contributed by atoms with van der Waals surface area (Å²) in [4.78, 5) is 11.9. The molecule has 2 rings (SSSR count). The van der Waals surface area contributed by atoms with Crippen molar-refractivity contribution in [3.8, 4) is 17.2 Å². The highest BCUT2D eigenvalue weighted by Crippen LogP contribution is 2.48. The Labute approximate surface area is 140 Å². The van der Waals surface area contributed by atoms with E-state index >= 15 is 0 Å². The molecule has 11 nitrogen and oxygen atoms in total. The number of benzene rings is 1. The summed E-state index contributed by atoms with van der Waals surface area (Å²) in [5.41, 5.74) is -1.62. The van der Waals surface area contributed by atoms with Gasteiger partial charge in [0.15, 0.2) is 11.5 Å². The largest absolute Gasteiger partial charge is 0.504 e. The number of esters is 1. The number of carbonyl (C=O) groups is 1. The number of aliphatic hydroxyl groups is 5. The number of ether oxygens (including phenoxy) is 2. The maximum Gasteiger partial charge on any atom is 0.338 e. The Bertz CT molecular complexity index is 673. The van der Waals surface area contributed by atoms with Gasteiger partial charge in [-0.2, -0.15) is 0 Å². The SMILES string of the molecule is COC(=O)c1cc(O)c(O)c(O)c1C1(O)O[C@H](CO)[C@@H](O)[C@H](O)[C@H]1O. The van der Waals surface area contributed by atoms with Crippen LogP contribution in [0.4, 0.5) is 0 Å². The van der Waals surface area contributed by atoms with Crippen LogP contribution >= 0.6 is 0 Å². The third-order valence-corrected chi connectivity index (χ3v) is 3.98. The second-order valence-electron chi connectivity index (χ2n) is 5.47. The highest BCUT2D eigenvalue weighted by atomic mass is 16.7. The predicted molar refractivity (Wildman–Crippen MR) is 76.7 cm³/mol. The minimum absolute atomic E-state index is 0.635. The van der Waals surface area contributed by atoms with E-state index in [-0.39, 0.29) is 0 Å². The minimum Gasteiger partial charge on any atom is -0.504 e. The molecule has 8 N–H and O–H groups in total. The van der Waals surface area contributed by atoms with Crippen molar-refractivity contribution >= 4 is 5.97 Å². The predicted octanol–water partition coefficient (Wildman–Crippen LogP) is -2.79. The van der Waals surface area contributed by atoms with Crippen molar-refractivity contribution in [1.29, 1.82) is 0 Å². The van der Waals surface area contributed by atoms with Crippen LogP contribution in [0.25, 0.3) is 0 Å². The van der Waals surface area contributed by atoms with E-state index in [1.54, 1.807) is 0 Å². The molecule has 1 fully saturated rings. The average molecular weight is 362 g/mol. The third kappa shape index (κ3) is 2.86. The Balaban J connectivity index is 2.74. The number of hydrogen-bond donors (Lipinski definition) is 8. The average Bonchev–Trinajstić information content (AvgIpc) is 2.59. The summed E-state index contributed by atoms with van der Waals surface area (Å²) in [6, 6.07) is 0.635. The maximum atomic E-state index is 11.9. The molecule has 0 saturated carbocycles. The molecule has 0 radical (unpaired) electrons. The van der Waals surface area contributed by atoms with E-state index in [0.29, 0.717) is 6.07 Å². The van der Waals surface area contributed by atoms with Gasteiger partial charge >= 0.3 is 5.97 Å². The standard InChI is InChI=1S/C14H18O11/c1-24-13(22)4-2-5(16)8(17)10(19)7(4)14(23)12(21)11(20)9(18)6(3-15)25-14/h2,6,9,11-12,15-21,23H,3H2,1H3/t6-,9-,11+,12-,14?/m1/s1. The van der Waals surface area contributed by atoms with Crippen LogP contribution in [-0.2, 0) is 15.3 Å². The van der Waals surface area contributed by atoms with E-state index in [4.69, 9.17) is 4.74 Å². The second kappa shape index (κ2) is 6.63. The van der Waals surface area contributed by atoms with Crippen molar-refractivity contribution in [2.45, 2.75) is 30.2 Å². The molecule has 0 spiro atoms. The molecule has 1 aromatic carbocycles. The quantitative estimate of drug-likeness (QED) is 0.204. The fourth-order valence-corrected chi connectivity index (χ4v) is 2.64. The van der Waals surface area contributed by atoms with E-state index in [0.717, 1.165) is 7.11 Å². The Morgan fingerprint density at radius 2 is 1.80 bits per heavy atom. The number of methoxy groups -OCH3 is 1. The summed E-state index contributed by atoms with van der Waals surface area (Å²) in [6.45, 7) is -0.897. The normalized spacial score (nSPS) is 32.4. The van der Waals surface area contributed by atoms with Crippen LogP contribution in [0.1, 0.15) is 15.9 Å². The zero-order valence-corrected chi connectivity index (χ0v) is 12.9. The summed E-state index contributed by atoms with van der Waals surface area (Å²) in [6.07, 6.45) is -7.75. The summed E-state index contributed by atoms with van der Waals surface area (Å²) >= 11 is 0. The van der Waals surface area contributed by atoms with Gasteiger partial charge in [-0.3, -0.25) is 0 Å². The number of hydrogen-bond acceptors (Lipinski definition) is 11. The highest BCUT2D eigenvalue weighted by molar-refractivity contribution is 5.93. The number of carbonyl (C=O) groups excluding carboxylic acids is 1. The van der Waals surface area contributed by atoms with Gasteiger partial charge in [0.1, 0.15) is 24.4 Å². The number of phenolic OH excluding ortho intramolecular Hbond substituents is 3. The van der Waals surface area contributed by atoms with Gasteiger partial charge in [-0.05, 0) is 6.07 Å². The zero-order chi connectivity index (χ0) is 19.1. The first kappa shape index (κ1) is 19.2. The Morgan fingerprint density at radius 3 is 2.32 bits per heavy atom. The first-order valence-electron chi connectivity index (χ1n) is 7.02. The van der Waals surface area contributed by atoms with Crippen LogP contribution in [0.15, 0.2) is 6.07 Å². The fourth-order valence-electron chi connectivity index (χ4n) is 2.64. The zero-order valence-electron chi connectivity index (χ0n) is 12.9. The van der Waals surface area contributed by atoms with Gasteiger partial charge in [-0.15, -0.1) is 0 Å². The monoisotopic (exact) mass is 362 g/mol. The lowest BCUT2D eigenvalue weighted by Gasteiger charge is -2.45. The highest BCUT2D eigenvalue weighted by Gasteiger charge is 2.56. The number of aliphatic hydroxyl groups excluding tert-OH is 4. The molecule has 1 heterocycles. The molecular formula is C14H18O11. The van der Waals surface area contributed by atoms with Crippen molar-refractivity contribution < 1.29 is 55.1 Å². The molecule has 140 valence electrons. The molecule has 1 aliphatic rings. The molecule has 25 heavy (non-hydrogen) atoms. The smallest absolute Gasteiger partial charge is 0.338 e. The molecule has 1 aromatic rings. The van der Waals surface area contributed by atoms with E-state index < -0.39 is 71.2 Å². The van der Waals surface area contributed by atoms with E-state index in [9.17, 15) is 45.6 Å². The summed E-state index contributed by atoms with van der Waals surface area (Å²) < 4.78 is 9.45. The van der Waals surface area contributed by atoms with Gasteiger partial charge < -0.3 is 50.3 Å². The molecule has 0 aromatic heterocycles. The molecule has 0 aliphatic carbocycles. The summed E-state index contributed by atoms with van der Waals surface area (Å²) in [5.74, 6) is -7.54. The Hall–Kier alpha value is -2.15. The maximum absolute atomic E-state index is 11.9. The molecule has 1 unspecified atom stereocenters. The Morgan fingerprint density at radius 1 is 1.20 bits per heavy atom. The molecule has 1 saturated heterocycles. The summed E-state index contributed by atoms with van der Waals surface area (Å²) in [5, 5.41) is 79.0. The van der Waals surface area contributed by atoms with Gasteiger partial charge in [0.2, 0.25) is 11.5 Å². The lowest BCUT2D eigenvalue weighted by Crippen LogP contribution is -2.63. The van der Waals surface area contributed by atoms with E-state index in [2.05, 4.69) is 4.74 Å². The Kier molecular flexibility index (Phi) is 5.09. The number of aromatic hydroxyl groups is 3. The fraction of sp³-hybridized carbons (Fsp3) is 0.500. The molecular weight excluding hydrogens is 344 g/mol. The van der Waals surface area contributed by atoms with Crippen molar-refractivity contribution in [2.24, 2.45) is 0 Å². The molecule has 0 amide bonds. The van der Waals surface area contributed by atoms with Crippen molar-refractivity contribution in [2.75, 3.05) is 13.7 Å². The van der Waals surface area contributed by atoms with Gasteiger partial charge in [-0.25, -0.2) is 4.79 Å².